The van der Waals surface area contributed by atoms with Gasteiger partial charge in [-0.1, -0.05) is 12.1 Å². The number of halogens is 1. The highest BCUT2D eigenvalue weighted by Gasteiger charge is 2.04. The Morgan fingerprint density at radius 1 is 1.46 bits per heavy atom. The SMILES string of the molecule is NCCCC(=O)c1cccc(F)c1. The van der Waals surface area contributed by atoms with Gasteiger partial charge in [0.1, 0.15) is 5.82 Å². The van der Waals surface area contributed by atoms with Crippen LogP contribution in [0.3, 0.4) is 0 Å². The summed E-state index contributed by atoms with van der Waals surface area (Å²) >= 11 is 0. The quantitative estimate of drug-likeness (QED) is 0.719. The molecule has 0 heterocycles. The number of Topliss-reactive ketones (excluding diaryl/α,β-unsaturated/α-hetero) is 1. The fraction of sp³-hybridized carbons (Fsp3) is 0.300. The molecule has 13 heavy (non-hydrogen) atoms. The van der Waals surface area contributed by atoms with Crippen molar-refractivity contribution in [2.75, 3.05) is 6.54 Å². The van der Waals surface area contributed by atoms with Gasteiger partial charge in [0.25, 0.3) is 0 Å². The lowest BCUT2D eigenvalue weighted by Gasteiger charge is -1.99. The minimum absolute atomic E-state index is 0.0510. The number of carbonyl (C=O) groups is 1. The Labute approximate surface area is 76.6 Å². The lowest BCUT2D eigenvalue weighted by atomic mass is 10.1. The van der Waals surface area contributed by atoms with E-state index in [-0.39, 0.29) is 11.6 Å². The van der Waals surface area contributed by atoms with Crippen LogP contribution in [0.1, 0.15) is 23.2 Å². The fourth-order valence-electron chi connectivity index (χ4n) is 1.07. The van der Waals surface area contributed by atoms with E-state index in [9.17, 15) is 9.18 Å². The van der Waals surface area contributed by atoms with E-state index in [1.165, 1.54) is 18.2 Å². The van der Waals surface area contributed by atoms with Gasteiger partial charge in [-0.2, -0.15) is 0 Å². The highest BCUT2D eigenvalue weighted by Crippen LogP contribution is 2.07. The summed E-state index contributed by atoms with van der Waals surface area (Å²) in [6.45, 7) is 0.487. The number of hydrogen-bond donors (Lipinski definition) is 1. The molecule has 0 atom stereocenters. The first-order valence-electron chi connectivity index (χ1n) is 4.23. The van der Waals surface area contributed by atoms with Crippen molar-refractivity contribution in [1.82, 2.24) is 0 Å². The molecule has 1 aromatic carbocycles. The van der Waals surface area contributed by atoms with E-state index in [1.807, 2.05) is 0 Å². The molecule has 0 unspecified atom stereocenters. The van der Waals surface area contributed by atoms with E-state index in [1.54, 1.807) is 6.07 Å². The first-order valence-corrected chi connectivity index (χ1v) is 4.23. The molecule has 0 saturated carbocycles. The van der Waals surface area contributed by atoms with E-state index in [4.69, 9.17) is 5.73 Å². The number of benzene rings is 1. The van der Waals surface area contributed by atoms with Crippen LogP contribution in [0.15, 0.2) is 24.3 Å². The van der Waals surface area contributed by atoms with E-state index in [2.05, 4.69) is 0 Å². The minimum atomic E-state index is -0.376. The molecule has 0 amide bonds. The van der Waals surface area contributed by atoms with E-state index in [0.717, 1.165) is 0 Å². The van der Waals surface area contributed by atoms with Gasteiger partial charge in [0.05, 0.1) is 0 Å². The van der Waals surface area contributed by atoms with Crippen molar-refractivity contribution in [2.45, 2.75) is 12.8 Å². The molecule has 0 bridgehead atoms. The molecule has 3 heteroatoms. The zero-order valence-corrected chi connectivity index (χ0v) is 7.29. The van der Waals surface area contributed by atoms with Gasteiger partial charge in [-0.05, 0) is 25.1 Å². The summed E-state index contributed by atoms with van der Waals surface area (Å²) in [7, 11) is 0. The second kappa shape index (κ2) is 4.72. The normalized spacial score (nSPS) is 10.0. The average molecular weight is 181 g/mol. The smallest absolute Gasteiger partial charge is 0.163 e. The summed E-state index contributed by atoms with van der Waals surface area (Å²) < 4.78 is 12.7. The molecule has 2 N–H and O–H groups in total. The van der Waals surface area contributed by atoms with Crippen molar-refractivity contribution in [3.8, 4) is 0 Å². The maximum absolute atomic E-state index is 12.7. The van der Waals surface area contributed by atoms with E-state index in [0.29, 0.717) is 24.9 Å². The van der Waals surface area contributed by atoms with E-state index < -0.39 is 0 Å². The molecule has 0 spiro atoms. The Morgan fingerprint density at radius 2 is 2.23 bits per heavy atom. The van der Waals surface area contributed by atoms with Crippen molar-refractivity contribution < 1.29 is 9.18 Å². The van der Waals surface area contributed by atoms with Gasteiger partial charge in [-0.3, -0.25) is 4.79 Å². The molecule has 1 rings (SSSR count). The molecule has 0 saturated heterocycles. The Bertz CT molecular complexity index is 299. The summed E-state index contributed by atoms with van der Waals surface area (Å²) in [5.74, 6) is -0.427. The summed E-state index contributed by atoms with van der Waals surface area (Å²) in [6, 6.07) is 5.71. The zero-order valence-electron chi connectivity index (χ0n) is 7.29. The Hall–Kier alpha value is -1.22. The van der Waals surface area contributed by atoms with Crippen LogP contribution < -0.4 is 5.73 Å². The highest BCUT2D eigenvalue weighted by molar-refractivity contribution is 5.95. The van der Waals surface area contributed by atoms with Gasteiger partial charge in [-0.25, -0.2) is 4.39 Å². The van der Waals surface area contributed by atoms with Gasteiger partial charge < -0.3 is 5.73 Å². The molecule has 0 aliphatic heterocycles. The van der Waals surface area contributed by atoms with Crippen LogP contribution in [0, 0.1) is 5.82 Å². The van der Waals surface area contributed by atoms with Crippen LogP contribution in [0.5, 0.6) is 0 Å². The van der Waals surface area contributed by atoms with Crippen LogP contribution in [0.25, 0.3) is 0 Å². The topological polar surface area (TPSA) is 43.1 Å². The number of rotatable bonds is 4. The van der Waals surface area contributed by atoms with Crippen molar-refractivity contribution in [2.24, 2.45) is 5.73 Å². The molecular formula is C10H12FNO. The van der Waals surface area contributed by atoms with Crippen molar-refractivity contribution in [1.29, 1.82) is 0 Å². The maximum atomic E-state index is 12.7. The van der Waals surface area contributed by atoms with Crippen molar-refractivity contribution in [3.05, 3.63) is 35.6 Å². The first-order chi connectivity index (χ1) is 6.24. The second-order valence-corrected chi connectivity index (χ2v) is 2.83. The third-order valence-electron chi connectivity index (χ3n) is 1.75. The molecular weight excluding hydrogens is 169 g/mol. The number of ketones is 1. The lowest BCUT2D eigenvalue weighted by Crippen LogP contribution is -2.04. The van der Waals surface area contributed by atoms with Crippen LogP contribution in [-0.4, -0.2) is 12.3 Å². The van der Waals surface area contributed by atoms with Gasteiger partial charge in [0, 0.05) is 12.0 Å². The number of carbonyl (C=O) groups excluding carboxylic acids is 1. The van der Waals surface area contributed by atoms with Gasteiger partial charge in [0.15, 0.2) is 5.78 Å². The summed E-state index contributed by atoms with van der Waals surface area (Å²) in [4.78, 5) is 11.3. The Balaban J connectivity index is 2.66. The predicted octanol–water partition coefficient (Wildman–Crippen LogP) is 1.75. The third-order valence-corrected chi connectivity index (χ3v) is 1.75. The molecule has 70 valence electrons. The third kappa shape index (κ3) is 2.95. The second-order valence-electron chi connectivity index (χ2n) is 2.83. The molecule has 0 radical (unpaired) electrons. The predicted molar refractivity (Wildman–Crippen MR) is 49.0 cm³/mol. The molecule has 0 aromatic heterocycles. The van der Waals surface area contributed by atoms with Crippen LogP contribution in [-0.2, 0) is 0 Å². The van der Waals surface area contributed by atoms with Gasteiger partial charge >= 0.3 is 0 Å². The van der Waals surface area contributed by atoms with Gasteiger partial charge in [-0.15, -0.1) is 0 Å². The molecule has 0 aliphatic rings. The Kier molecular flexibility index (Phi) is 3.58. The van der Waals surface area contributed by atoms with Gasteiger partial charge in [0.2, 0.25) is 0 Å². The van der Waals surface area contributed by atoms with Crippen molar-refractivity contribution in [3.63, 3.8) is 0 Å². The zero-order chi connectivity index (χ0) is 9.68. The molecule has 0 aliphatic carbocycles. The first kappa shape index (κ1) is 9.86. The van der Waals surface area contributed by atoms with Crippen LogP contribution in [0.2, 0.25) is 0 Å². The summed E-state index contributed by atoms with van der Waals surface area (Å²) in [6.07, 6.45) is 1.04. The number of hydrogen-bond acceptors (Lipinski definition) is 2. The monoisotopic (exact) mass is 181 g/mol. The largest absolute Gasteiger partial charge is 0.330 e. The molecule has 1 aromatic rings. The minimum Gasteiger partial charge on any atom is -0.330 e. The standard InChI is InChI=1S/C10H12FNO/c11-9-4-1-3-8(7-9)10(13)5-2-6-12/h1,3-4,7H,2,5-6,12H2. The average Bonchev–Trinajstić information content (AvgIpc) is 2.14. The lowest BCUT2D eigenvalue weighted by molar-refractivity contribution is 0.0980. The maximum Gasteiger partial charge on any atom is 0.163 e. The number of nitrogens with two attached hydrogens (primary N) is 1. The van der Waals surface area contributed by atoms with Crippen LogP contribution >= 0.6 is 0 Å². The fourth-order valence-corrected chi connectivity index (χ4v) is 1.07. The summed E-state index contributed by atoms with van der Waals surface area (Å²) in [5, 5.41) is 0. The molecule has 0 fully saturated rings. The Morgan fingerprint density at radius 3 is 2.85 bits per heavy atom. The van der Waals surface area contributed by atoms with Crippen LogP contribution in [0.4, 0.5) is 4.39 Å². The summed E-state index contributed by atoms with van der Waals surface area (Å²) in [5.41, 5.74) is 5.68. The van der Waals surface area contributed by atoms with E-state index >= 15 is 0 Å². The molecule has 2 nitrogen and oxygen atoms in total. The van der Waals surface area contributed by atoms with Crippen molar-refractivity contribution >= 4 is 5.78 Å². The highest BCUT2D eigenvalue weighted by atomic mass is 19.1.